The number of aliphatic hydroxyl groups is 1. The summed E-state index contributed by atoms with van der Waals surface area (Å²) in [5, 5.41) is 25.6. The number of para-hydroxylation sites is 2. The van der Waals surface area contributed by atoms with Crippen molar-refractivity contribution in [3.05, 3.63) is 48.2 Å². The fraction of sp³-hybridized carbons (Fsp3) is 0.280. The molecule has 15 heteroatoms. The molecule has 0 fully saturated rings. The number of hydrogen-bond donors (Lipinski definition) is 5. The number of nitrogens with one attached hydrogen (secondary N) is 3. The lowest BCUT2D eigenvalue weighted by molar-refractivity contribution is -0.139. The molecule has 15 nitrogen and oxygen atoms in total. The third-order valence-corrected chi connectivity index (χ3v) is 5.63. The van der Waals surface area contributed by atoms with E-state index in [-0.39, 0.29) is 29.2 Å². The van der Waals surface area contributed by atoms with E-state index in [4.69, 9.17) is 5.11 Å². The predicted octanol–water partition coefficient (Wildman–Crippen LogP) is -1.33. The molecular weight excluding hydrogens is 528 g/mol. The number of aliphatic hydroxyl groups excluding tert-OH is 1. The van der Waals surface area contributed by atoms with Crippen molar-refractivity contribution in [3.8, 4) is 0 Å². The highest BCUT2D eigenvalue weighted by Gasteiger charge is 2.38. The fourth-order valence-corrected chi connectivity index (χ4v) is 3.94. The number of hydrogen-bond acceptors (Lipinski definition) is 9. The summed E-state index contributed by atoms with van der Waals surface area (Å²) in [5.41, 5.74) is 0.0863. The monoisotopic (exact) mass is 554 g/mol. The van der Waals surface area contributed by atoms with Gasteiger partial charge in [-0.25, -0.2) is 4.98 Å². The zero-order valence-corrected chi connectivity index (χ0v) is 21.2. The van der Waals surface area contributed by atoms with E-state index < -0.39 is 73.7 Å². The summed E-state index contributed by atoms with van der Waals surface area (Å²) in [5.74, 6) is -4.99. The van der Waals surface area contributed by atoms with Crippen molar-refractivity contribution in [1.29, 1.82) is 0 Å². The van der Waals surface area contributed by atoms with Crippen molar-refractivity contribution in [3.63, 3.8) is 0 Å². The van der Waals surface area contributed by atoms with Gasteiger partial charge >= 0.3 is 5.97 Å². The second-order valence-corrected chi connectivity index (χ2v) is 8.60. The van der Waals surface area contributed by atoms with E-state index in [1.165, 1.54) is 43.3 Å². The zero-order valence-electron chi connectivity index (χ0n) is 21.2. The lowest BCUT2D eigenvalue weighted by Gasteiger charge is -2.25. The van der Waals surface area contributed by atoms with Gasteiger partial charge in [0.05, 0.1) is 30.4 Å². The number of rotatable bonds is 10. The number of anilines is 3. The van der Waals surface area contributed by atoms with Crippen LogP contribution in [0.5, 0.6) is 0 Å². The number of nitrogens with zero attached hydrogens (tertiary/aromatic N) is 3. The van der Waals surface area contributed by atoms with Crippen LogP contribution in [0.2, 0.25) is 0 Å². The Morgan fingerprint density at radius 2 is 1.80 bits per heavy atom. The van der Waals surface area contributed by atoms with Crippen molar-refractivity contribution >= 4 is 59.0 Å². The van der Waals surface area contributed by atoms with Gasteiger partial charge in [0, 0.05) is 6.92 Å². The first-order valence-electron chi connectivity index (χ1n) is 11.9. The van der Waals surface area contributed by atoms with Crippen molar-refractivity contribution < 1.29 is 43.8 Å². The van der Waals surface area contributed by atoms with Gasteiger partial charge in [0.25, 0.3) is 17.7 Å². The molecule has 0 aliphatic carbocycles. The lowest BCUT2D eigenvalue weighted by atomic mass is 10.2. The first kappa shape index (κ1) is 29.4. The highest BCUT2D eigenvalue weighted by atomic mass is 16.4. The van der Waals surface area contributed by atoms with Crippen molar-refractivity contribution in [1.82, 2.24) is 15.6 Å². The van der Waals surface area contributed by atoms with Crippen molar-refractivity contribution in [2.45, 2.75) is 25.4 Å². The summed E-state index contributed by atoms with van der Waals surface area (Å²) in [6.07, 6.45) is -0.432. The molecule has 5 amide bonds. The minimum Gasteiger partial charge on any atom is -0.481 e. The maximum atomic E-state index is 13.7. The Bertz CT molecular complexity index is 1350. The van der Waals surface area contributed by atoms with Crippen LogP contribution >= 0.6 is 0 Å². The molecule has 2 aromatic rings. The van der Waals surface area contributed by atoms with Crippen LogP contribution in [0.4, 0.5) is 17.2 Å². The Labute approximate surface area is 227 Å². The third-order valence-electron chi connectivity index (χ3n) is 5.63. The van der Waals surface area contributed by atoms with Crippen LogP contribution in [0.15, 0.2) is 42.5 Å². The van der Waals surface area contributed by atoms with Crippen molar-refractivity contribution in [2.75, 3.05) is 34.8 Å². The molecule has 0 spiro atoms. The van der Waals surface area contributed by atoms with Crippen LogP contribution in [-0.2, 0) is 28.8 Å². The number of carboxylic acid groups (broad SMARTS) is 1. The fourth-order valence-electron chi connectivity index (χ4n) is 3.94. The maximum absolute atomic E-state index is 13.7. The van der Waals surface area contributed by atoms with Gasteiger partial charge in [-0.15, -0.1) is 0 Å². The van der Waals surface area contributed by atoms with Crippen LogP contribution in [0.25, 0.3) is 0 Å². The van der Waals surface area contributed by atoms with Crippen LogP contribution in [0, 0.1) is 0 Å². The number of aliphatic carboxylic acids is 1. The number of aromatic nitrogens is 1. The second-order valence-electron chi connectivity index (χ2n) is 8.60. The molecule has 1 aliphatic rings. The normalized spacial score (nSPS) is 15.2. The van der Waals surface area contributed by atoms with Gasteiger partial charge in [0.2, 0.25) is 11.8 Å². The number of carbonyl (C=O) groups excluding carboxylic acids is 6. The number of amides is 5. The molecule has 0 unspecified atom stereocenters. The highest BCUT2D eigenvalue weighted by molar-refractivity contribution is 6.11. The summed E-state index contributed by atoms with van der Waals surface area (Å²) < 4.78 is 0. The van der Waals surface area contributed by atoms with Gasteiger partial charge in [-0.3, -0.25) is 33.7 Å². The van der Waals surface area contributed by atoms with Gasteiger partial charge in [0.15, 0.2) is 0 Å². The summed E-state index contributed by atoms with van der Waals surface area (Å²) in [6.45, 7) is -0.767. The number of fused-ring (bicyclic) bond motifs is 1. The summed E-state index contributed by atoms with van der Waals surface area (Å²) >= 11 is 0. The molecule has 0 saturated heterocycles. The summed E-state index contributed by atoms with van der Waals surface area (Å²) in [6, 6.07) is 7.46. The average Bonchev–Trinajstić information content (AvgIpc) is 3.02. The Morgan fingerprint density at radius 3 is 2.42 bits per heavy atom. The van der Waals surface area contributed by atoms with Gasteiger partial charge in [0.1, 0.15) is 37.0 Å². The van der Waals surface area contributed by atoms with E-state index in [2.05, 4.69) is 20.9 Å². The van der Waals surface area contributed by atoms with Crippen molar-refractivity contribution in [2.24, 2.45) is 0 Å². The summed E-state index contributed by atoms with van der Waals surface area (Å²) in [7, 11) is 0. The minimum absolute atomic E-state index is 0.0845. The zero-order chi connectivity index (χ0) is 29.4. The number of aldehydes is 1. The molecule has 0 bridgehead atoms. The first-order valence-corrected chi connectivity index (χ1v) is 11.9. The molecular formula is C25H26N6O9. The summed E-state index contributed by atoms with van der Waals surface area (Å²) in [4.78, 5) is 91.8. The number of pyridine rings is 1. The van der Waals surface area contributed by atoms with Crippen LogP contribution < -0.4 is 25.8 Å². The second kappa shape index (κ2) is 13.1. The standard InChI is InChI=1S/C25H26N6O9/c1-14(34)26-20-8-4-5-16(28-20)24(39)29-17-10-30(22(36)13-33)18-6-2-3-7-19(18)31(25(17)40)11-21(35)27-15(12-32)9-23(37)38/h2-8,12,15,17,33H,9-11,13H2,1H3,(H,27,35)(H,29,39)(H,37,38)(H,26,28,34)/t15-,17-/m0/s1. The van der Waals surface area contributed by atoms with Crippen LogP contribution in [-0.4, -0.2) is 88.8 Å². The molecule has 210 valence electrons. The number of carboxylic acids is 1. The predicted molar refractivity (Wildman–Crippen MR) is 138 cm³/mol. The molecule has 2 heterocycles. The molecule has 1 aromatic heterocycles. The Balaban J connectivity index is 1.95. The Kier molecular flexibility index (Phi) is 9.59. The lowest BCUT2D eigenvalue weighted by Crippen LogP contribution is -2.55. The van der Waals surface area contributed by atoms with Gasteiger partial charge in [-0.05, 0) is 24.3 Å². The Hall–Kier alpha value is -5.18. The van der Waals surface area contributed by atoms with Crippen LogP contribution in [0.3, 0.4) is 0 Å². The molecule has 1 aromatic carbocycles. The van der Waals surface area contributed by atoms with Gasteiger partial charge in [-0.2, -0.15) is 0 Å². The molecule has 3 rings (SSSR count). The number of benzene rings is 1. The van der Waals surface area contributed by atoms with Gasteiger partial charge in [-0.1, -0.05) is 18.2 Å². The van der Waals surface area contributed by atoms with E-state index >= 15 is 0 Å². The largest absolute Gasteiger partial charge is 0.481 e. The maximum Gasteiger partial charge on any atom is 0.305 e. The quantitative estimate of drug-likeness (QED) is 0.218. The number of carbonyl (C=O) groups is 7. The molecule has 0 radical (unpaired) electrons. The SMILES string of the molecule is CC(=O)Nc1cccc(C(=O)N[C@H]2CN(C(=O)CO)c3ccccc3N(CC(=O)N[C@H](C=O)CC(=O)O)C2=O)n1. The molecule has 2 atom stereocenters. The molecule has 5 N–H and O–H groups in total. The smallest absolute Gasteiger partial charge is 0.305 e. The first-order chi connectivity index (χ1) is 19.0. The van der Waals surface area contributed by atoms with Gasteiger partial charge < -0.3 is 35.9 Å². The van der Waals surface area contributed by atoms with E-state index in [1.807, 2.05) is 0 Å². The third kappa shape index (κ3) is 7.22. The van der Waals surface area contributed by atoms with E-state index in [1.54, 1.807) is 6.07 Å². The minimum atomic E-state index is -1.43. The highest BCUT2D eigenvalue weighted by Crippen LogP contribution is 2.33. The van der Waals surface area contributed by atoms with E-state index in [0.29, 0.717) is 0 Å². The van der Waals surface area contributed by atoms with E-state index in [9.17, 15) is 38.7 Å². The van der Waals surface area contributed by atoms with Crippen LogP contribution in [0.1, 0.15) is 23.8 Å². The molecule has 1 aliphatic heterocycles. The average molecular weight is 555 g/mol. The molecule has 40 heavy (non-hydrogen) atoms. The molecule has 0 saturated carbocycles. The van der Waals surface area contributed by atoms with E-state index in [0.717, 1.165) is 9.80 Å². The topological polar surface area (TPSA) is 215 Å². The Morgan fingerprint density at radius 1 is 1.10 bits per heavy atom.